The largest absolute Gasteiger partial charge is 0.492 e. The molecule has 2 aromatic heterocycles. The maximum absolute atomic E-state index is 15.9. The predicted octanol–water partition coefficient (Wildman–Crippen LogP) is 5.88. The Kier molecular flexibility index (Phi) is 13.2. The van der Waals surface area contributed by atoms with Crippen molar-refractivity contribution >= 4 is 34.1 Å². The SMILES string of the molecule is CC.CCCn1cc(C(=O)O)c(=O)c2cc(F)c(N3CCC(C)N(CCCCn4c(=O)cc(Nc5ccc(C)c(C)c5)[nH]c4=O)CC3)c(OC)c21. The topological polar surface area (TPSA) is 142 Å². The molecule has 12 nitrogen and oxygen atoms in total. The molecule has 1 fully saturated rings. The standard InChI is InChI=1S/C36H45FN6O6.C2H6/c1-6-12-42-21-27(35(46)47)33(45)26-19-28(37)32(34(49-5)31(26)42)41-15-11-24(4)40(16-17-41)13-7-8-14-43-30(44)20-29(39-36(43)48)38-25-10-9-22(2)23(3)18-25;1-2/h9-10,18-21,24,38H,6-8,11-17H2,1-5H3,(H,39,48)(H,46,47);1-2H3. The zero-order valence-corrected chi connectivity index (χ0v) is 30.8. The van der Waals surface area contributed by atoms with Crippen LogP contribution in [0.5, 0.6) is 5.75 Å². The highest BCUT2D eigenvalue weighted by atomic mass is 19.1. The van der Waals surface area contributed by atoms with E-state index >= 15 is 4.39 Å². The summed E-state index contributed by atoms with van der Waals surface area (Å²) in [5.74, 6) is -1.45. The zero-order chi connectivity index (χ0) is 37.4. The average Bonchev–Trinajstić information content (AvgIpc) is 3.27. The smallest absolute Gasteiger partial charge is 0.341 e. The lowest BCUT2D eigenvalue weighted by molar-refractivity contribution is 0.0694. The fraction of sp³-hybridized carbons (Fsp3) is 0.474. The highest BCUT2D eigenvalue weighted by Gasteiger charge is 2.28. The normalized spacial score (nSPS) is 14.9. The summed E-state index contributed by atoms with van der Waals surface area (Å²) in [7, 11) is 1.43. The first-order valence-electron chi connectivity index (χ1n) is 17.8. The number of ether oxygens (including phenoxy) is 1. The summed E-state index contributed by atoms with van der Waals surface area (Å²) in [6.07, 6.45) is 4.10. The van der Waals surface area contributed by atoms with Gasteiger partial charge in [0.05, 0.1) is 18.0 Å². The van der Waals surface area contributed by atoms with Crippen LogP contribution in [-0.4, -0.2) is 69.4 Å². The molecular weight excluding hydrogens is 655 g/mol. The summed E-state index contributed by atoms with van der Waals surface area (Å²) < 4.78 is 24.5. The number of H-pyrrole nitrogens is 1. The van der Waals surface area contributed by atoms with Crippen LogP contribution in [0.4, 0.5) is 21.6 Å². The number of carboxylic acid groups (broad SMARTS) is 1. The molecule has 1 aliphatic rings. The number of pyridine rings is 1. The Labute approximate surface area is 297 Å². The van der Waals surface area contributed by atoms with E-state index in [0.717, 1.165) is 42.3 Å². The van der Waals surface area contributed by atoms with Crippen molar-refractivity contribution in [1.82, 2.24) is 19.0 Å². The van der Waals surface area contributed by atoms with Crippen molar-refractivity contribution in [2.75, 3.05) is 43.5 Å². The Morgan fingerprint density at radius 1 is 1.02 bits per heavy atom. The average molecular weight is 707 g/mol. The van der Waals surface area contributed by atoms with E-state index < -0.39 is 28.5 Å². The number of aryl methyl sites for hydroxylation is 3. The Morgan fingerprint density at radius 3 is 2.39 bits per heavy atom. The number of aromatic carboxylic acids is 1. The monoisotopic (exact) mass is 706 g/mol. The van der Waals surface area contributed by atoms with E-state index in [1.165, 1.54) is 23.9 Å². The van der Waals surface area contributed by atoms with Crippen molar-refractivity contribution in [3.63, 3.8) is 0 Å². The Hall–Kier alpha value is -4.91. The van der Waals surface area contributed by atoms with Crippen LogP contribution >= 0.6 is 0 Å². The number of halogens is 1. The molecule has 276 valence electrons. The fourth-order valence-electron chi connectivity index (χ4n) is 6.57. The number of anilines is 3. The van der Waals surface area contributed by atoms with Crippen molar-refractivity contribution < 1.29 is 19.0 Å². The van der Waals surface area contributed by atoms with Gasteiger partial charge >= 0.3 is 11.7 Å². The first-order chi connectivity index (χ1) is 24.4. The fourth-order valence-corrected chi connectivity index (χ4v) is 6.57. The number of fused-ring (bicyclic) bond motifs is 1. The van der Waals surface area contributed by atoms with Crippen molar-refractivity contribution in [3.8, 4) is 5.75 Å². The molecule has 1 aliphatic heterocycles. The van der Waals surface area contributed by atoms with Crippen LogP contribution in [0.25, 0.3) is 10.9 Å². The number of methoxy groups -OCH3 is 1. The van der Waals surface area contributed by atoms with E-state index in [1.54, 1.807) is 4.57 Å². The number of carboxylic acids is 1. The summed E-state index contributed by atoms with van der Waals surface area (Å²) in [6.45, 7) is 15.2. The van der Waals surface area contributed by atoms with Crippen LogP contribution in [0.1, 0.15) is 74.9 Å². The highest BCUT2D eigenvalue weighted by Crippen LogP contribution is 2.39. The molecule has 1 saturated heterocycles. The second-order valence-electron chi connectivity index (χ2n) is 12.8. The maximum atomic E-state index is 15.9. The number of carbonyl (C=O) groups is 1. The van der Waals surface area contributed by atoms with Gasteiger partial charge in [-0.2, -0.15) is 0 Å². The molecule has 1 atom stereocenters. The first-order valence-corrected chi connectivity index (χ1v) is 17.8. The second-order valence-corrected chi connectivity index (χ2v) is 12.8. The number of nitrogens with zero attached hydrogens (tertiary/aromatic N) is 4. The van der Waals surface area contributed by atoms with Crippen LogP contribution in [-0.2, 0) is 13.1 Å². The Morgan fingerprint density at radius 2 is 1.75 bits per heavy atom. The van der Waals surface area contributed by atoms with Crippen LogP contribution in [0.15, 0.2) is 50.9 Å². The molecule has 4 aromatic rings. The van der Waals surface area contributed by atoms with Crippen molar-refractivity contribution in [3.05, 3.63) is 90.1 Å². The maximum Gasteiger partial charge on any atom is 0.341 e. The minimum Gasteiger partial charge on any atom is -0.492 e. The van der Waals surface area contributed by atoms with Gasteiger partial charge < -0.3 is 24.6 Å². The summed E-state index contributed by atoms with van der Waals surface area (Å²) in [5.41, 5.74) is 1.68. The number of hydrogen-bond acceptors (Lipinski definition) is 8. The number of nitrogens with one attached hydrogen (secondary N) is 2. The molecule has 0 saturated carbocycles. The summed E-state index contributed by atoms with van der Waals surface area (Å²) in [5, 5.41) is 12.7. The molecule has 0 aliphatic carbocycles. The Balaban J connectivity index is 0.00000286. The van der Waals surface area contributed by atoms with Gasteiger partial charge in [0.2, 0.25) is 5.43 Å². The quantitative estimate of drug-likeness (QED) is 0.154. The molecule has 0 amide bonds. The van der Waals surface area contributed by atoms with Crippen molar-refractivity contribution in [1.29, 1.82) is 0 Å². The van der Waals surface area contributed by atoms with Crippen LogP contribution in [0.3, 0.4) is 0 Å². The van der Waals surface area contributed by atoms with E-state index in [4.69, 9.17) is 4.74 Å². The minimum atomic E-state index is -1.36. The second kappa shape index (κ2) is 17.3. The highest BCUT2D eigenvalue weighted by molar-refractivity contribution is 5.97. The first kappa shape index (κ1) is 38.9. The number of aromatic amines is 1. The molecule has 1 unspecified atom stereocenters. The van der Waals surface area contributed by atoms with Crippen LogP contribution < -0.4 is 31.6 Å². The molecule has 3 N–H and O–H groups in total. The third kappa shape index (κ3) is 8.70. The molecule has 51 heavy (non-hydrogen) atoms. The van der Waals surface area contributed by atoms with Gasteiger partial charge in [-0.1, -0.05) is 26.8 Å². The molecule has 5 rings (SSSR count). The Bertz CT molecular complexity index is 2010. The van der Waals surface area contributed by atoms with E-state index in [2.05, 4.69) is 22.1 Å². The minimum absolute atomic E-state index is 0.0264. The molecule has 0 radical (unpaired) electrons. The number of unbranched alkanes of at least 4 members (excludes halogenated alkanes) is 1. The van der Waals surface area contributed by atoms with E-state index in [9.17, 15) is 24.3 Å². The lowest BCUT2D eigenvalue weighted by Crippen LogP contribution is -2.37. The van der Waals surface area contributed by atoms with Gasteiger partial charge in [0.1, 0.15) is 17.1 Å². The molecule has 3 heterocycles. The van der Waals surface area contributed by atoms with Crippen molar-refractivity contribution in [2.24, 2.45) is 0 Å². The molecule has 0 spiro atoms. The third-order valence-corrected chi connectivity index (χ3v) is 9.44. The van der Waals surface area contributed by atoms with E-state index in [0.29, 0.717) is 50.4 Å². The van der Waals surface area contributed by atoms with Gasteiger partial charge in [-0.15, -0.1) is 0 Å². The van der Waals surface area contributed by atoms with E-state index in [1.807, 2.05) is 57.7 Å². The van der Waals surface area contributed by atoms with Crippen molar-refractivity contribution in [2.45, 2.75) is 86.4 Å². The predicted molar refractivity (Wildman–Crippen MR) is 201 cm³/mol. The van der Waals surface area contributed by atoms with Gasteiger partial charge in [0.25, 0.3) is 5.56 Å². The van der Waals surface area contributed by atoms with E-state index in [-0.39, 0.29) is 35.0 Å². The lowest BCUT2D eigenvalue weighted by atomic mass is 10.1. The van der Waals surface area contributed by atoms with Gasteiger partial charge in [-0.05, 0) is 82.3 Å². The summed E-state index contributed by atoms with van der Waals surface area (Å²) in [6, 6.07) is 8.56. The summed E-state index contributed by atoms with van der Waals surface area (Å²) in [4.78, 5) is 57.5. The number of aromatic nitrogens is 3. The molecule has 2 aromatic carbocycles. The number of rotatable bonds is 12. The lowest BCUT2D eigenvalue weighted by Gasteiger charge is -2.28. The molecule has 0 bridgehead atoms. The van der Waals surface area contributed by atoms with Crippen LogP contribution in [0.2, 0.25) is 0 Å². The molecular formula is C38H51FN6O6. The van der Waals surface area contributed by atoms with Gasteiger partial charge in [-0.3, -0.25) is 24.0 Å². The zero-order valence-electron chi connectivity index (χ0n) is 30.8. The number of hydrogen-bond donors (Lipinski definition) is 3. The van der Waals surface area contributed by atoms with Gasteiger partial charge in [-0.25, -0.2) is 14.0 Å². The van der Waals surface area contributed by atoms with Crippen LogP contribution in [0, 0.1) is 19.7 Å². The third-order valence-electron chi connectivity index (χ3n) is 9.44. The van der Waals surface area contributed by atoms with Gasteiger partial charge in [0, 0.05) is 56.7 Å². The summed E-state index contributed by atoms with van der Waals surface area (Å²) >= 11 is 0. The molecule has 13 heteroatoms. The number of benzene rings is 2. The van der Waals surface area contributed by atoms with Gasteiger partial charge in [0.15, 0.2) is 11.6 Å².